The third kappa shape index (κ3) is 3.77. The second-order valence-electron chi connectivity index (χ2n) is 5.02. The molecule has 5 heteroatoms. The van der Waals surface area contributed by atoms with Crippen LogP contribution in [0.3, 0.4) is 0 Å². The van der Waals surface area contributed by atoms with Gasteiger partial charge in [0.05, 0.1) is 4.90 Å². The number of ether oxygens (including phenoxy) is 1. The predicted molar refractivity (Wildman–Crippen MR) is 84.5 cm³/mol. The van der Waals surface area contributed by atoms with Gasteiger partial charge in [-0.15, -0.1) is 0 Å². The minimum absolute atomic E-state index is 0.0843. The molecule has 21 heavy (non-hydrogen) atoms. The Morgan fingerprint density at radius 3 is 2.14 bits per heavy atom. The molecule has 0 aromatic heterocycles. The van der Waals surface area contributed by atoms with Crippen LogP contribution < -0.4 is 4.74 Å². The zero-order valence-electron chi connectivity index (χ0n) is 12.2. The van der Waals surface area contributed by atoms with Crippen molar-refractivity contribution in [3.8, 4) is 5.75 Å². The summed E-state index contributed by atoms with van der Waals surface area (Å²) in [7, 11) is 1.62. The van der Waals surface area contributed by atoms with Crippen LogP contribution in [0.5, 0.6) is 5.75 Å². The van der Waals surface area contributed by atoms with Crippen LogP contribution in [0.2, 0.25) is 0 Å². The SMILES string of the molecule is Cc1cc(S(=O)(=O)Cl)ccc1OCc1c(C)cccc1C. The predicted octanol–water partition coefficient (Wildman–Crippen LogP) is 4.12. The molecular weight excluding hydrogens is 308 g/mol. The third-order valence-electron chi connectivity index (χ3n) is 3.44. The quantitative estimate of drug-likeness (QED) is 0.795. The van der Waals surface area contributed by atoms with E-state index in [0.717, 1.165) is 11.1 Å². The maximum atomic E-state index is 11.3. The van der Waals surface area contributed by atoms with Gasteiger partial charge in [0, 0.05) is 10.7 Å². The summed E-state index contributed by atoms with van der Waals surface area (Å²) in [5.74, 6) is 0.654. The molecule has 0 saturated heterocycles. The van der Waals surface area contributed by atoms with Crippen molar-refractivity contribution in [1.29, 1.82) is 0 Å². The Labute approximate surface area is 129 Å². The number of rotatable bonds is 4. The fourth-order valence-electron chi connectivity index (χ4n) is 2.16. The van der Waals surface area contributed by atoms with Gasteiger partial charge in [0.25, 0.3) is 9.05 Å². The van der Waals surface area contributed by atoms with Crippen LogP contribution >= 0.6 is 10.7 Å². The molecule has 0 heterocycles. The topological polar surface area (TPSA) is 43.4 Å². The number of hydrogen-bond donors (Lipinski definition) is 0. The van der Waals surface area contributed by atoms with E-state index in [9.17, 15) is 8.42 Å². The Hall–Kier alpha value is -1.52. The minimum atomic E-state index is -3.71. The minimum Gasteiger partial charge on any atom is -0.489 e. The van der Waals surface area contributed by atoms with Gasteiger partial charge in [0.15, 0.2) is 0 Å². The summed E-state index contributed by atoms with van der Waals surface area (Å²) < 4.78 is 28.4. The van der Waals surface area contributed by atoms with Gasteiger partial charge in [-0.1, -0.05) is 18.2 Å². The lowest BCUT2D eigenvalue weighted by Crippen LogP contribution is -2.02. The Balaban J connectivity index is 2.22. The van der Waals surface area contributed by atoms with Crippen LogP contribution in [0.25, 0.3) is 0 Å². The summed E-state index contributed by atoms with van der Waals surface area (Å²) in [6.45, 7) is 6.33. The van der Waals surface area contributed by atoms with Crippen molar-refractivity contribution in [2.24, 2.45) is 0 Å². The molecule has 0 unspecified atom stereocenters. The third-order valence-corrected chi connectivity index (χ3v) is 4.80. The molecule has 0 spiro atoms. The lowest BCUT2D eigenvalue weighted by molar-refractivity contribution is 0.302. The molecule has 0 fully saturated rings. The molecule has 0 aliphatic heterocycles. The van der Waals surface area contributed by atoms with E-state index in [4.69, 9.17) is 15.4 Å². The molecule has 0 radical (unpaired) electrons. The second-order valence-corrected chi connectivity index (χ2v) is 7.59. The summed E-state index contributed by atoms with van der Waals surface area (Å²) in [5, 5.41) is 0. The summed E-state index contributed by atoms with van der Waals surface area (Å²) in [6, 6.07) is 10.7. The molecule has 0 amide bonds. The monoisotopic (exact) mass is 324 g/mol. The molecule has 2 aromatic carbocycles. The van der Waals surface area contributed by atoms with Gasteiger partial charge >= 0.3 is 0 Å². The Morgan fingerprint density at radius 2 is 1.62 bits per heavy atom. The standard InChI is InChI=1S/C16H17ClO3S/c1-11-5-4-6-12(2)15(11)10-20-16-8-7-14(9-13(16)3)21(17,18)19/h4-9H,10H2,1-3H3. The van der Waals surface area contributed by atoms with E-state index in [-0.39, 0.29) is 4.90 Å². The zero-order valence-corrected chi connectivity index (χ0v) is 13.8. The summed E-state index contributed by atoms with van der Waals surface area (Å²) in [4.78, 5) is 0.0843. The molecule has 0 aliphatic carbocycles. The molecular formula is C16H17ClO3S. The molecule has 2 rings (SSSR count). The number of halogens is 1. The highest BCUT2D eigenvalue weighted by atomic mass is 35.7. The van der Waals surface area contributed by atoms with E-state index in [1.165, 1.54) is 23.3 Å². The van der Waals surface area contributed by atoms with E-state index in [2.05, 4.69) is 0 Å². The van der Waals surface area contributed by atoms with Gasteiger partial charge in [-0.25, -0.2) is 8.42 Å². The molecule has 2 aromatic rings. The number of aryl methyl sites for hydroxylation is 3. The van der Waals surface area contributed by atoms with E-state index >= 15 is 0 Å². The Kier molecular flexibility index (Phi) is 4.59. The molecule has 0 atom stereocenters. The van der Waals surface area contributed by atoms with E-state index in [0.29, 0.717) is 12.4 Å². The van der Waals surface area contributed by atoms with Crippen LogP contribution in [-0.2, 0) is 15.7 Å². The van der Waals surface area contributed by atoms with Crippen molar-refractivity contribution in [2.75, 3.05) is 0 Å². The van der Waals surface area contributed by atoms with Gasteiger partial charge < -0.3 is 4.74 Å². The molecule has 0 saturated carbocycles. The van der Waals surface area contributed by atoms with Gasteiger partial charge in [-0.3, -0.25) is 0 Å². The molecule has 0 N–H and O–H groups in total. The fraction of sp³-hybridized carbons (Fsp3) is 0.250. The Morgan fingerprint density at radius 1 is 1.00 bits per heavy atom. The summed E-state index contributed by atoms with van der Waals surface area (Å²) >= 11 is 0. The zero-order chi connectivity index (χ0) is 15.6. The average Bonchev–Trinajstić information content (AvgIpc) is 2.38. The van der Waals surface area contributed by atoms with Crippen molar-refractivity contribution in [3.63, 3.8) is 0 Å². The van der Waals surface area contributed by atoms with Gasteiger partial charge in [0.1, 0.15) is 12.4 Å². The number of hydrogen-bond acceptors (Lipinski definition) is 3. The van der Waals surface area contributed by atoms with Gasteiger partial charge in [-0.2, -0.15) is 0 Å². The molecule has 112 valence electrons. The van der Waals surface area contributed by atoms with Crippen LogP contribution in [0.4, 0.5) is 0 Å². The Bertz CT molecular complexity index is 747. The van der Waals surface area contributed by atoms with Crippen LogP contribution in [0.1, 0.15) is 22.3 Å². The highest BCUT2D eigenvalue weighted by Gasteiger charge is 2.12. The number of benzene rings is 2. The van der Waals surface area contributed by atoms with Crippen LogP contribution in [0, 0.1) is 20.8 Å². The smallest absolute Gasteiger partial charge is 0.261 e. The van der Waals surface area contributed by atoms with Crippen LogP contribution in [0.15, 0.2) is 41.3 Å². The van der Waals surface area contributed by atoms with E-state index in [1.807, 2.05) is 32.0 Å². The molecule has 0 bridgehead atoms. The fourth-order valence-corrected chi connectivity index (χ4v) is 3.00. The highest BCUT2D eigenvalue weighted by molar-refractivity contribution is 8.13. The van der Waals surface area contributed by atoms with Crippen molar-refractivity contribution in [1.82, 2.24) is 0 Å². The van der Waals surface area contributed by atoms with Crippen molar-refractivity contribution in [2.45, 2.75) is 32.3 Å². The largest absolute Gasteiger partial charge is 0.489 e. The van der Waals surface area contributed by atoms with Crippen molar-refractivity contribution >= 4 is 19.7 Å². The molecule has 3 nitrogen and oxygen atoms in total. The maximum Gasteiger partial charge on any atom is 0.261 e. The van der Waals surface area contributed by atoms with E-state index in [1.54, 1.807) is 13.0 Å². The maximum absolute atomic E-state index is 11.3. The first kappa shape index (κ1) is 15.9. The lowest BCUT2D eigenvalue weighted by atomic mass is 10.0. The first-order valence-corrected chi connectivity index (χ1v) is 8.83. The summed E-state index contributed by atoms with van der Waals surface area (Å²) in [6.07, 6.45) is 0. The highest BCUT2D eigenvalue weighted by Crippen LogP contribution is 2.25. The first-order chi connectivity index (χ1) is 9.79. The normalized spacial score (nSPS) is 11.4. The first-order valence-electron chi connectivity index (χ1n) is 6.52. The average molecular weight is 325 g/mol. The van der Waals surface area contributed by atoms with Crippen molar-refractivity contribution < 1.29 is 13.2 Å². The van der Waals surface area contributed by atoms with Crippen LogP contribution in [-0.4, -0.2) is 8.42 Å². The van der Waals surface area contributed by atoms with Gasteiger partial charge in [0.2, 0.25) is 0 Å². The second kappa shape index (κ2) is 6.08. The summed E-state index contributed by atoms with van der Waals surface area (Å²) in [5.41, 5.74) is 4.23. The molecule has 0 aliphatic rings. The van der Waals surface area contributed by atoms with Gasteiger partial charge in [-0.05, 0) is 61.2 Å². The lowest BCUT2D eigenvalue weighted by Gasteiger charge is -2.13. The van der Waals surface area contributed by atoms with E-state index < -0.39 is 9.05 Å². The van der Waals surface area contributed by atoms with Crippen molar-refractivity contribution in [3.05, 3.63) is 58.7 Å².